The summed E-state index contributed by atoms with van der Waals surface area (Å²) in [5.74, 6) is 1.27. The SMILES string of the molecule is CCN(CC)c1nc(N)nc(NCC(=O)NCC(C)C)n1. The summed E-state index contributed by atoms with van der Waals surface area (Å²) in [7, 11) is 0. The molecule has 118 valence electrons. The molecule has 8 nitrogen and oxygen atoms in total. The van der Waals surface area contributed by atoms with E-state index in [0.29, 0.717) is 24.4 Å². The van der Waals surface area contributed by atoms with E-state index in [9.17, 15) is 4.79 Å². The first-order valence-corrected chi connectivity index (χ1v) is 7.23. The van der Waals surface area contributed by atoms with E-state index in [2.05, 4.69) is 25.6 Å². The molecule has 0 aliphatic carbocycles. The fourth-order valence-electron chi connectivity index (χ4n) is 1.65. The van der Waals surface area contributed by atoms with Crippen LogP contribution in [0.2, 0.25) is 0 Å². The van der Waals surface area contributed by atoms with Gasteiger partial charge in [-0.15, -0.1) is 0 Å². The number of anilines is 3. The topological polar surface area (TPSA) is 109 Å². The van der Waals surface area contributed by atoms with Crippen LogP contribution in [0, 0.1) is 5.92 Å². The van der Waals surface area contributed by atoms with Gasteiger partial charge in [0.2, 0.25) is 23.8 Å². The number of hydrogen-bond acceptors (Lipinski definition) is 7. The summed E-state index contributed by atoms with van der Waals surface area (Å²) < 4.78 is 0. The molecule has 0 fully saturated rings. The van der Waals surface area contributed by atoms with Gasteiger partial charge in [0.05, 0.1) is 6.54 Å². The minimum absolute atomic E-state index is 0.105. The first-order chi connectivity index (χ1) is 9.96. The number of carbonyl (C=O) groups excluding carboxylic acids is 1. The van der Waals surface area contributed by atoms with Crippen LogP contribution in [0.15, 0.2) is 0 Å². The maximum atomic E-state index is 11.7. The summed E-state index contributed by atoms with van der Waals surface area (Å²) >= 11 is 0. The third-order valence-corrected chi connectivity index (χ3v) is 2.80. The number of nitrogens with two attached hydrogens (primary N) is 1. The lowest BCUT2D eigenvalue weighted by Crippen LogP contribution is -2.33. The summed E-state index contributed by atoms with van der Waals surface area (Å²) in [6, 6.07) is 0. The van der Waals surface area contributed by atoms with Gasteiger partial charge in [-0.3, -0.25) is 4.79 Å². The Balaban J connectivity index is 2.65. The van der Waals surface area contributed by atoms with Gasteiger partial charge in [-0.1, -0.05) is 13.8 Å². The molecule has 0 unspecified atom stereocenters. The lowest BCUT2D eigenvalue weighted by molar-refractivity contribution is -0.119. The monoisotopic (exact) mass is 295 g/mol. The second-order valence-corrected chi connectivity index (χ2v) is 5.04. The second kappa shape index (κ2) is 8.23. The number of nitrogen functional groups attached to an aromatic ring is 1. The van der Waals surface area contributed by atoms with Gasteiger partial charge < -0.3 is 21.3 Å². The first kappa shape index (κ1) is 16.9. The number of aromatic nitrogens is 3. The largest absolute Gasteiger partial charge is 0.368 e. The molecule has 0 bridgehead atoms. The number of carbonyl (C=O) groups is 1. The van der Waals surface area contributed by atoms with E-state index in [1.54, 1.807) is 0 Å². The first-order valence-electron chi connectivity index (χ1n) is 7.23. The Kier molecular flexibility index (Phi) is 6.64. The van der Waals surface area contributed by atoms with E-state index in [1.165, 1.54) is 0 Å². The molecule has 21 heavy (non-hydrogen) atoms. The van der Waals surface area contributed by atoms with Crippen LogP contribution in [0.25, 0.3) is 0 Å². The highest BCUT2D eigenvalue weighted by molar-refractivity contribution is 5.80. The van der Waals surface area contributed by atoms with Crippen molar-refractivity contribution >= 4 is 23.8 Å². The minimum Gasteiger partial charge on any atom is -0.368 e. The van der Waals surface area contributed by atoms with Crippen molar-refractivity contribution in [2.75, 3.05) is 42.1 Å². The van der Waals surface area contributed by atoms with Gasteiger partial charge in [-0.25, -0.2) is 0 Å². The highest BCUT2D eigenvalue weighted by atomic mass is 16.1. The number of nitrogens with zero attached hydrogens (tertiary/aromatic N) is 4. The smallest absolute Gasteiger partial charge is 0.239 e. The van der Waals surface area contributed by atoms with Crippen molar-refractivity contribution in [1.29, 1.82) is 0 Å². The van der Waals surface area contributed by atoms with Crippen molar-refractivity contribution in [2.24, 2.45) is 5.92 Å². The molecule has 1 aromatic heterocycles. The van der Waals surface area contributed by atoms with E-state index in [4.69, 9.17) is 5.73 Å². The van der Waals surface area contributed by atoms with Crippen LogP contribution >= 0.6 is 0 Å². The molecule has 0 aromatic carbocycles. The van der Waals surface area contributed by atoms with Gasteiger partial charge in [0, 0.05) is 19.6 Å². The molecule has 1 rings (SSSR count). The zero-order valence-electron chi connectivity index (χ0n) is 13.2. The van der Waals surface area contributed by atoms with E-state index < -0.39 is 0 Å². The van der Waals surface area contributed by atoms with Crippen LogP contribution in [0.5, 0.6) is 0 Å². The molecular weight excluding hydrogens is 270 g/mol. The van der Waals surface area contributed by atoms with Crippen molar-refractivity contribution in [2.45, 2.75) is 27.7 Å². The van der Waals surface area contributed by atoms with E-state index >= 15 is 0 Å². The molecule has 1 aromatic rings. The van der Waals surface area contributed by atoms with Gasteiger partial charge in [0.25, 0.3) is 0 Å². The molecule has 0 radical (unpaired) electrons. The van der Waals surface area contributed by atoms with Crippen LogP contribution in [-0.2, 0) is 4.79 Å². The Labute approximate surface area is 125 Å². The third-order valence-electron chi connectivity index (χ3n) is 2.80. The fraction of sp³-hybridized carbons (Fsp3) is 0.692. The Bertz CT molecular complexity index is 460. The van der Waals surface area contributed by atoms with Crippen molar-refractivity contribution in [1.82, 2.24) is 20.3 Å². The average molecular weight is 295 g/mol. The Morgan fingerprint density at radius 3 is 2.48 bits per heavy atom. The minimum atomic E-state index is -0.105. The number of amides is 1. The van der Waals surface area contributed by atoms with Crippen LogP contribution < -0.4 is 21.3 Å². The lowest BCUT2D eigenvalue weighted by Gasteiger charge is -2.19. The standard InChI is InChI=1S/C13H25N7O/c1-5-20(6-2)13-18-11(14)17-12(19-13)16-8-10(21)15-7-9(3)4/h9H,5-8H2,1-4H3,(H,15,21)(H3,14,16,17,18,19). The summed E-state index contributed by atoms with van der Waals surface area (Å²) in [4.78, 5) is 26.0. The summed E-state index contributed by atoms with van der Waals surface area (Å²) in [5.41, 5.74) is 5.68. The molecule has 1 amide bonds. The Morgan fingerprint density at radius 1 is 1.24 bits per heavy atom. The molecule has 4 N–H and O–H groups in total. The maximum Gasteiger partial charge on any atom is 0.239 e. The van der Waals surface area contributed by atoms with Crippen molar-refractivity contribution in [3.05, 3.63) is 0 Å². The molecule has 0 spiro atoms. The molecule has 0 saturated carbocycles. The number of hydrogen-bond donors (Lipinski definition) is 3. The van der Waals surface area contributed by atoms with Gasteiger partial charge in [0.1, 0.15) is 0 Å². The second-order valence-electron chi connectivity index (χ2n) is 5.04. The Morgan fingerprint density at radius 2 is 1.90 bits per heavy atom. The van der Waals surface area contributed by atoms with Crippen molar-refractivity contribution in [3.8, 4) is 0 Å². The van der Waals surface area contributed by atoms with Gasteiger partial charge >= 0.3 is 0 Å². The molecular formula is C13H25N7O. The molecule has 0 aliphatic heterocycles. The molecule has 8 heteroatoms. The van der Waals surface area contributed by atoms with Crippen molar-refractivity contribution < 1.29 is 4.79 Å². The quantitative estimate of drug-likeness (QED) is 0.640. The zero-order valence-corrected chi connectivity index (χ0v) is 13.2. The normalized spacial score (nSPS) is 10.5. The van der Waals surface area contributed by atoms with Crippen LogP contribution in [0.1, 0.15) is 27.7 Å². The van der Waals surface area contributed by atoms with E-state index in [1.807, 2.05) is 32.6 Å². The van der Waals surface area contributed by atoms with Crippen LogP contribution in [-0.4, -0.2) is 47.0 Å². The number of nitrogens with one attached hydrogen (secondary N) is 2. The zero-order chi connectivity index (χ0) is 15.8. The predicted molar refractivity (Wildman–Crippen MR) is 84.1 cm³/mol. The van der Waals surface area contributed by atoms with Gasteiger partial charge in [-0.05, 0) is 19.8 Å². The third kappa shape index (κ3) is 5.80. The summed E-state index contributed by atoms with van der Waals surface area (Å²) in [6.45, 7) is 10.4. The number of rotatable bonds is 8. The average Bonchev–Trinajstić information content (AvgIpc) is 2.43. The van der Waals surface area contributed by atoms with Crippen LogP contribution in [0.3, 0.4) is 0 Å². The van der Waals surface area contributed by atoms with Crippen molar-refractivity contribution in [3.63, 3.8) is 0 Å². The molecule has 0 atom stereocenters. The highest BCUT2D eigenvalue weighted by Crippen LogP contribution is 2.11. The van der Waals surface area contributed by atoms with E-state index in [-0.39, 0.29) is 18.4 Å². The molecule has 0 aliphatic rings. The fourth-order valence-corrected chi connectivity index (χ4v) is 1.65. The Hall–Kier alpha value is -2.12. The summed E-state index contributed by atoms with van der Waals surface area (Å²) in [5, 5.41) is 5.68. The maximum absolute atomic E-state index is 11.7. The molecule has 0 saturated heterocycles. The van der Waals surface area contributed by atoms with Crippen LogP contribution in [0.4, 0.5) is 17.8 Å². The summed E-state index contributed by atoms with van der Waals surface area (Å²) in [6.07, 6.45) is 0. The van der Waals surface area contributed by atoms with Gasteiger partial charge in [0.15, 0.2) is 0 Å². The van der Waals surface area contributed by atoms with Gasteiger partial charge in [-0.2, -0.15) is 15.0 Å². The highest BCUT2D eigenvalue weighted by Gasteiger charge is 2.10. The van der Waals surface area contributed by atoms with E-state index in [0.717, 1.165) is 13.1 Å². The molecule has 1 heterocycles. The lowest BCUT2D eigenvalue weighted by atomic mass is 10.2. The predicted octanol–water partition coefficient (Wildman–Crippen LogP) is 0.484.